The molecule has 6 heteroatoms. The Labute approximate surface area is 241 Å². The van der Waals surface area contributed by atoms with Crippen LogP contribution in [0.1, 0.15) is 85.9 Å². The van der Waals surface area contributed by atoms with Crippen molar-refractivity contribution in [2.24, 2.45) is 11.8 Å². The number of Topliss-reactive ketones (excluding diaryl/α,β-unsaturated/α-hetero) is 2. The summed E-state index contributed by atoms with van der Waals surface area (Å²) < 4.78 is 11.2. The first-order valence-electron chi connectivity index (χ1n) is 15.6. The zero-order valence-corrected chi connectivity index (χ0v) is 24.6. The molecule has 2 aliphatic heterocycles. The van der Waals surface area contributed by atoms with Crippen LogP contribution in [-0.2, 0) is 0 Å². The third-order valence-corrected chi connectivity index (χ3v) is 8.36. The van der Waals surface area contributed by atoms with Crippen LogP contribution in [0.25, 0.3) is 0 Å². The zero-order chi connectivity index (χ0) is 28.2. The van der Waals surface area contributed by atoms with Crippen LogP contribution in [0.4, 0.5) is 0 Å². The van der Waals surface area contributed by atoms with E-state index in [4.69, 9.17) is 9.47 Å². The molecule has 4 rings (SSSR count). The van der Waals surface area contributed by atoms with Gasteiger partial charge in [-0.2, -0.15) is 0 Å². The Morgan fingerprint density at radius 1 is 0.600 bits per heavy atom. The number of ketones is 2. The maximum absolute atomic E-state index is 13.9. The Bertz CT molecular complexity index is 955. The average Bonchev–Trinajstić information content (AvgIpc) is 3.00. The van der Waals surface area contributed by atoms with Crippen molar-refractivity contribution in [2.75, 3.05) is 52.5 Å². The lowest BCUT2D eigenvalue weighted by molar-refractivity contribution is 0.0793. The smallest absolute Gasteiger partial charge is 0.167 e. The van der Waals surface area contributed by atoms with Gasteiger partial charge in [-0.15, -0.1) is 0 Å². The largest absolute Gasteiger partial charge is 0.494 e. The SMILES string of the molecule is CCOc1ccc(C(=O)[C@@H](CC[C@@H](CN2CCCCC2)C(=O)c2ccc(OCC)cc2)CN2CCCCC2)cc1. The number of hydrogen-bond donors (Lipinski definition) is 0. The quantitative estimate of drug-likeness (QED) is 0.236. The summed E-state index contributed by atoms with van der Waals surface area (Å²) in [7, 11) is 0. The molecule has 0 saturated carbocycles. The van der Waals surface area contributed by atoms with Gasteiger partial charge in [0.1, 0.15) is 11.5 Å². The Morgan fingerprint density at radius 2 is 0.950 bits per heavy atom. The molecule has 2 aromatic carbocycles. The fraction of sp³-hybridized carbons (Fsp3) is 0.588. The highest BCUT2D eigenvalue weighted by atomic mass is 16.5. The van der Waals surface area contributed by atoms with E-state index in [2.05, 4.69) is 9.80 Å². The summed E-state index contributed by atoms with van der Waals surface area (Å²) in [4.78, 5) is 32.6. The monoisotopic (exact) mass is 548 g/mol. The number of rotatable bonds is 15. The summed E-state index contributed by atoms with van der Waals surface area (Å²) in [5.74, 6) is 1.67. The zero-order valence-electron chi connectivity index (χ0n) is 24.6. The lowest BCUT2D eigenvalue weighted by Crippen LogP contribution is -2.39. The van der Waals surface area contributed by atoms with E-state index in [-0.39, 0.29) is 23.4 Å². The van der Waals surface area contributed by atoms with Crippen LogP contribution in [0.2, 0.25) is 0 Å². The first-order chi connectivity index (χ1) is 19.6. The fourth-order valence-corrected chi connectivity index (χ4v) is 6.16. The van der Waals surface area contributed by atoms with Gasteiger partial charge in [-0.05, 0) is 127 Å². The molecule has 0 bridgehead atoms. The summed E-state index contributed by atoms with van der Waals surface area (Å²) in [6.45, 7) is 10.9. The van der Waals surface area contributed by atoms with Crippen molar-refractivity contribution < 1.29 is 19.1 Å². The van der Waals surface area contributed by atoms with E-state index < -0.39 is 0 Å². The number of benzene rings is 2. The van der Waals surface area contributed by atoms with Crippen molar-refractivity contribution in [3.63, 3.8) is 0 Å². The van der Waals surface area contributed by atoms with E-state index in [0.717, 1.165) is 61.9 Å². The third kappa shape index (κ3) is 8.90. The van der Waals surface area contributed by atoms with Gasteiger partial charge in [-0.3, -0.25) is 9.59 Å². The van der Waals surface area contributed by atoms with Crippen molar-refractivity contribution in [2.45, 2.75) is 65.2 Å². The van der Waals surface area contributed by atoms with E-state index in [0.29, 0.717) is 26.1 Å². The number of carbonyl (C=O) groups excluding carboxylic acids is 2. The van der Waals surface area contributed by atoms with Crippen LogP contribution in [0, 0.1) is 11.8 Å². The molecule has 2 saturated heterocycles. The molecular formula is C34H48N2O4. The molecule has 6 nitrogen and oxygen atoms in total. The van der Waals surface area contributed by atoms with Crippen LogP contribution in [0.3, 0.4) is 0 Å². The predicted octanol–water partition coefficient (Wildman–Crippen LogP) is 6.53. The lowest BCUT2D eigenvalue weighted by atomic mass is 9.85. The van der Waals surface area contributed by atoms with Gasteiger partial charge in [0.2, 0.25) is 0 Å². The second kappa shape index (κ2) is 15.9. The highest BCUT2D eigenvalue weighted by Gasteiger charge is 2.29. The highest BCUT2D eigenvalue weighted by molar-refractivity contribution is 5.99. The van der Waals surface area contributed by atoms with Crippen LogP contribution in [0.5, 0.6) is 11.5 Å². The maximum Gasteiger partial charge on any atom is 0.167 e. The van der Waals surface area contributed by atoms with E-state index in [9.17, 15) is 9.59 Å². The summed E-state index contributed by atoms with van der Waals surface area (Å²) >= 11 is 0. The van der Waals surface area contributed by atoms with E-state index in [1.807, 2.05) is 62.4 Å². The Hall–Kier alpha value is -2.70. The number of piperidine rings is 2. The van der Waals surface area contributed by atoms with Gasteiger partial charge in [0.25, 0.3) is 0 Å². The van der Waals surface area contributed by atoms with Crippen molar-refractivity contribution in [1.29, 1.82) is 0 Å². The van der Waals surface area contributed by atoms with Crippen LogP contribution < -0.4 is 9.47 Å². The van der Waals surface area contributed by atoms with Crippen molar-refractivity contribution in [1.82, 2.24) is 9.80 Å². The summed E-state index contributed by atoms with van der Waals surface area (Å²) in [6, 6.07) is 15.2. The normalized spacial score (nSPS) is 18.1. The number of carbonyl (C=O) groups is 2. The van der Waals surface area contributed by atoms with Crippen molar-refractivity contribution >= 4 is 11.6 Å². The summed E-state index contributed by atoms with van der Waals surface area (Å²) in [6.07, 6.45) is 8.73. The molecule has 2 atom stereocenters. The van der Waals surface area contributed by atoms with Gasteiger partial charge in [0.05, 0.1) is 13.2 Å². The second-order valence-corrected chi connectivity index (χ2v) is 11.3. The van der Waals surface area contributed by atoms with Gasteiger partial charge in [-0.25, -0.2) is 0 Å². The van der Waals surface area contributed by atoms with Gasteiger partial charge >= 0.3 is 0 Å². The maximum atomic E-state index is 13.9. The second-order valence-electron chi connectivity index (χ2n) is 11.3. The molecule has 218 valence electrons. The molecular weight excluding hydrogens is 500 g/mol. The van der Waals surface area contributed by atoms with Crippen LogP contribution >= 0.6 is 0 Å². The molecule has 0 aromatic heterocycles. The average molecular weight is 549 g/mol. The Morgan fingerprint density at radius 3 is 1.27 bits per heavy atom. The molecule has 0 radical (unpaired) electrons. The molecule has 0 spiro atoms. The van der Waals surface area contributed by atoms with Crippen LogP contribution in [0.15, 0.2) is 48.5 Å². The molecule has 0 N–H and O–H groups in total. The van der Waals surface area contributed by atoms with Crippen LogP contribution in [-0.4, -0.2) is 73.8 Å². The van der Waals surface area contributed by atoms with Gasteiger partial charge in [0.15, 0.2) is 11.6 Å². The minimum Gasteiger partial charge on any atom is -0.494 e. The number of nitrogens with zero attached hydrogens (tertiary/aromatic N) is 2. The molecule has 0 aliphatic carbocycles. The first kappa shape index (κ1) is 30.3. The molecule has 2 fully saturated rings. The van der Waals surface area contributed by atoms with Gasteiger partial charge < -0.3 is 19.3 Å². The lowest BCUT2D eigenvalue weighted by Gasteiger charge is -2.32. The van der Waals surface area contributed by atoms with E-state index >= 15 is 0 Å². The molecule has 0 amide bonds. The number of likely N-dealkylation sites (tertiary alicyclic amines) is 2. The summed E-state index contributed by atoms with van der Waals surface area (Å²) in [5, 5.41) is 0. The minimum absolute atomic E-state index is 0.131. The number of hydrogen-bond acceptors (Lipinski definition) is 6. The van der Waals surface area contributed by atoms with Crippen molar-refractivity contribution in [3.8, 4) is 11.5 Å². The molecule has 40 heavy (non-hydrogen) atoms. The molecule has 2 aromatic rings. The highest BCUT2D eigenvalue weighted by Crippen LogP contribution is 2.26. The molecule has 2 heterocycles. The topological polar surface area (TPSA) is 59.1 Å². The van der Waals surface area contributed by atoms with Crippen molar-refractivity contribution in [3.05, 3.63) is 59.7 Å². The predicted molar refractivity (Wildman–Crippen MR) is 161 cm³/mol. The standard InChI is InChI=1S/C34H48N2O4/c1-3-39-31-17-13-27(14-18-31)33(37)29(25-35-21-7-5-8-22-35)11-12-30(26-36-23-9-6-10-24-36)34(38)28-15-19-32(20-16-28)40-4-2/h13-20,29-30H,3-12,21-26H2,1-2H3/t29-,30-/m0/s1. The van der Waals surface area contributed by atoms with Gasteiger partial charge in [-0.1, -0.05) is 12.8 Å². The Kier molecular flexibility index (Phi) is 12.0. The van der Waals surface area contributed by atoms with E-state index in [1.54, 1.807) is 0 Å². The molecule has 0 unspecified atom stereocenters. The van der Waals surface area contributed by atoms with E-state index in [1.165, 1.54) is 38.5 Å². The fourth-order valence-electron chi connectivity index (χ4n) is 6.16. The minimum atomic E-state index is -0.131. The first-order valence-corrected chi connectivity index (χ1v) is 15.6. The number of ether oxygens (including phenoxy) is 2. The Balaban J connectivity index is 1.50. The third-order valence-electron chi connectivity index (χ3n) is 8.36. The van der Waals surface area contributed by atoms with Gasteiger partial charge in [0, 0.05) is 36.1 Å². The molecule has 2 aliphatic rings. The summed E-state index contributed by atoms with van der Waals surface area (Å²) in [5.41, 5.74) is 1.46.